The van der Waals surface area contributed by atoms with E-state index in [2.05, 4.69) is 108 Å². The fourth-order valence-corrected chi connectivity index (χ4v) is 4.90. The average Bonchev–Trinajstić information content (AvgIpc) is 3.42. The van der Waals surface area contributed by atoms with Gasteiger partial charge in [0.05, 0.1) is 11.7 Å². The first-order valence-corrected chi connectivity index (χ1v) is 11.7. The normalized spacial score (nSPS) is 17.9. The lowest BCUT2D eigenvalue weighted by Gasteiger charge is -2.29. The number of hydrogen-bond donors (Lipinski definition) is 1. The summed E-state index contributed by atoms with van der Waals surface area (Å²) in [6, 6.07) is 23.4. The van der Waals surface area contributed by atoms with Gasteiger partial charge in [-0.2, -0.15) is 0 Å². The van der Waals surface area contributed by atoms with Crippen molar-refractivity contribution in [3.8, 4) is 5.69 Å². The van der Waals surface area contributed by atoms with Crippen molar-refractivity contribution >= 4 is 23.0 Å². The van der Waals surface area contributed by atoms with Gasteiger partial charge < -0.3 is 14.8 Å². The molecule has 0 saturated carbocycles. The molecular formula is C28H28N4S. The summed E-state index contributed by atoms with van der Waals surface area (Å²) in [5.41, 5.74) is 9.47. The summed E-state index contributed by atoms with van der Waals surface area (Å²) in [6.45, 7) is 8.59. The highest BCUT2D eigenvalue weighted by molar-refractivity contribution is 7.80. The molecule has 166 valence electrons. The van der Waals surface area contributed by atoms with Crippen LogP contribution in [-0.2, 0) is 0 Å². The molecule has 0 spiro atoms. The molecule has 4 nitrogen and oxygen atoms in total. The van der Waals surface area contributed by atoms with Crippen LogP contribution in [-0.4, -0.2) is 14.7 Å². The predicted octanol–water partition coefficient (Wildman–Crippen LogP) is 6.28. The molecule has 1 saturated heterocycles. The molecule has 1 N–H and O–H groups in total. The lowest BCUT2D eigenvalue weighted by Crippen LogP contribution is -2.30. The Balaban J connectivity index is 1.68. The lowest BCUT2D eigenvalue weighted by atomic mass is 10.00. The highest BCUT2D eigenvalue weighted by Gasteiger charge is 2.42. The second kappa shape index (κ2) is 8.49. The first-order valence-electron chi connectivity index (χ1n) is 11.3. The standard InChI is InChI=1S/C28H28N4S/c1-18-10-12-22(16-20(18)3)31-15-7-9-25(31)27-26(24-8-5-6-14-29-24)30-28(33)32(27)23-13-11-19(2)21(4)17-23/h5-17,26-27H,1-4H3,(H,30,33)/t26-,27+/m0/s1. The largest absolute Gasteiger partial charge is 0.351 e. The fraction of sp³-hybridized carbons (Fsp3) is 0.214. The molecule has 2 atom stereocenters. The van der Waals surface area contributed by atoms with E-state index in [1.54, 1.807) is 0 Å². The molecule has 5 rings (SSSR count). The highest BCUT2D eigenvalue weighted by Crippen LogP contribution is 2.42. The van der Waals surface area contributed by atoms with E-state index in [1.807, 2.05) is 18.3 Å². The van der Waals surface area contributed by atoms with E-state index in [9.17, 15) is 0 Å². The summed E-state index contributed by atoms with van der Waals surface area (Å²) >= 11 is 5.90. The molecule has 5 heteroatoms. The molecule has 0 unspecified atom stereocenters. The summed E-state index contributed by atoms with van der Waals surface area (Å²) in [7, 11) is 0. The van der Waals surface area contributed by atoms with E-state index >= 15 is 0 Å². The molecule has 0 aliphatic carbocycles. The Morgan fingerprint density at radius 1 is 0.788 bits per heavy atom. The van der Waals surface area contributed by atoms with Crippen LogP contribution in [0.2, 0.25) is 0 Å². The van der Waals surface area contributed by atoms with Crippen LogP contribution in [0.3, 0.4) is 0 Å². The van der Waals surface area contributed by atoms with Crippen LogP contribution in [0.4, 0.5) is 5.69 Å². The van der Waals surface area contributed by atoms with E-state index < -0.39 is 0 Å². The van der Waals surface area contributed by atoms with Crippen LogP contribution in [0.5, 0.6) is 0 Å². The monoisotopic (exact) mass is 452 g/mol. The van der Waals surface area contributed by atoms with Gasteiger partial charge in [0.2, 0.25) is 0 Å². The third-order valence-electron chi connectivity index (χ3n) is 6.72. The summed E-state index contributed by atoms with van der Waals surface area (Å²) < 4.78 is 2.27. The molecule has 4 aromatic rings. The number of aryl methyl sites for hydroxylation is 4. The number of anilines is 1. The van der Waals surface area contributed by atoms with Gasteiger partial charge in [-0.15, -0.1) is 0 Å². The zero-order valence-corrected chi connectivity index (χ0v) is 20.2. The van der Waals surface area contributed by atoms with Crippen LogP contribution in [0.1, 0.15) is 45.7 Å². The summed E-state index contributed by atoms with van der Waals surface area (Å²) in [4.78, 5) is 6.93. The molecule has 1 aliphatic heterocycles. The van der Waals surface area contributed by atoms with Crippen molar-refractivity contribution in [2.24, 2.45) is 0 Å². The molecular weight excluding hydrogens is 424 g/mol. The minimum absolute atomic E-state index is 0.0499. The minimum atomic E-state index is -0.0690. The van der Waals surface area contributed by atoms with E-state index in [0.29, 0.717) is 5.11 Å². The van der Waals surface area contributed by atoms with E-state index in [1.165, 1.54) is 27.9 Å². The van der Waals surface area contributed by atoms with E-state index in [-0.39, 0.29) is 12.1 Å². The molecule has 0 amide bonds. The van der Waals surface area contributed by atoms with Crippen molar-refractivity contribution in [2.75, 3.05) is 4.90 Å². The summed E-state index contributed by atoms with van der Waals surface area (Å²) in [6.07, 6.45) is 3.98. The molecule has 1 fully saturated rings. The quantitative estimate of drug-likeness (QED) is 0.369. The van der Waals surface area contributed by atoms with Crippen molar-refractivity contribution in [2.45, 2.75) is 39.8 Å². The van der Waals surface area contributed by atoms with Gasteiger partial charge in [-0.05, 0) is 111 Å². The van der Waals surface area contributed by atoms with Crippen molar-refractivity contribution in [3.05, 3.63) is 113 Å². The smallest absolute Gasteiger partial charge is 0.174 e. The van der Waals surface area contributed by atoms with Crippen molar-refractivity contribution in [1.29, 1.82) is 0 Å². The molecule has 2 aromatic heterocycles. The Kier molecular flexibility index (Phi) is 5.51. The number of rotatable bonds is 4. The minimum Gasteiger partial charge on any atom is -0.351 e. The van der Waals surface area contributed by atoms with Gasteiger partial charge in [-0.3, -0.25) is 4.98 Å². The van der Waals surface area contributed by atoms with E-state index in [0.717, 1.165) is 17.1 Å². The van der Waals surface area contributed by atoms with Gasteiger partial charge in [0, 0.05) is 29.5 Å². The van der Waals surface area contributed by atoms with Crippen molar-refractivity contribution in [3.63, 3.8) is 0 Å². The van der Waals surface area contributed by atoms with Gasteiger partial charge in [-0.1, -0.05) is 18.2 Å². The second-order valence-electron chi connectivity index (χ2n) is 8.84. The summed E-state index contributed by atoms with van der Waals surface area (Å²) in [5.74, 6) is 0. The molecule has 2 aromatic carbocycles. The maximum atomic E-state index is 5.90. The molecule has 1 aliphatic rings. The number of benzene rings is 2. The topological polar surface area (TPSA) is 33.1 Å². The summed E-state index contributed by atoms with van der Waals surface area (Å²) in [5, 5.41) is 4.29. The van der Waals surface area contributed by atoms with Crippen molar-refractivity contribution in [1.82, 2.24) is 14.9 Å². The Bertz CT molecular complexity index is 1320. The second-order valence-corrected chi connectivity index (χ2v) is 9.22. The van der Waals surface area contributed by atoms with Crippen LogP contribution in [0, 0.1) is 27.7 Å². The fourth-order valence-electron chi connectivity index (χ4n) is 4.55. The zero-order valence-electron chi connectivity index (χ0n) is 19.4. The Morgan fingerprint density at radius 2 is 1.48 bits per heavy atom. The molecule has 33 heavy (non-hydrogen) atoms. The number of pyridine rings is 1. The number of hydrogen-bond acceptors (Lipinski definition) is 2. The van der Waals surface area contributed by atoms with Gasteiger partial charge >= 0.3 is 0 Å². The molecule has 3 heterocycles. The zero-order chi connectivity index (χ0) is 23.1. The Morgan fingerprint density at radius 3 is 2.15 bits per heavy atom. The first kappa shape index (κ1) is 21.4. The number of thiocarbonyl (C=S) groups is 1. The predicted molar refractivity (Wildman–Crippen MR) is 139 cm³/mol. The van der Waals surface area contributed by atoms with E-state index in [4.69, 9.17) is 12.2 Å². The first-order chi connectivity index (χ1) is 15.9. The number of nitrogens with one attached hydrogen (secondary N) is 1. The SMILES string of the molecule is Cc1ccc(N2C(=S)N[C@@H](c3ccccn3)[C@H]2c2cccn2-c2ccc(C)c(C)c2)cc1C. The lowest BCUT2D eigenvalue weighted by molar-refractivity contribution is 0.549. The van der Waals surface area contributed by atoms with Gasteiger partial charge in [0.15, 0.2) is 5.11 Å². The molecule has 0 bridgehead atoms. The maximum absolute atomic E-state index is 5.90. The third-order valence-corrected chi connectivity index (χ3v) is 7.03. The van der Waals surface area contributed by atoms with Gasteiger partial charge in [-0.25, -0.2) is 0 Å². The van der Waals surface area contributed by atoms with Gasteiger partial charge in [0.1, 0.15) is 6.04 Å². The van der Waals surface area contributed by atoms with Crippen LogP contribution in [0.15, 0.2) is 79.1 Å². The molecule has 0 radical (unpaired) electrons. The Labute approximate surface area is 200 Å². The average molecular weight is 453 g/mol. The number of nitrogens with zero attached hydrogens (tertiary/aromatic N) is 3. The van der Waals surface area contributed by atoms with Gasteiger partial charge in [0.25, 0.3) is 0 Å². The third kappa shape index (κ3) is 3.83. The van der Waals surface area contributed by atoms with Crippen LogP contribution < -0.4 is 10.2 Å². The highest BCUT2D eigenvalue weighted by atomic mass is 32.1. The Hall–Kier alpha value is -3.44. The van der Waals surface area contributed by atoms with Crippen LogP contribution in [0.25, 0.3) is 5.69 Å². The van der Waals surface area contributed by atoms with Crippen LogP contribution >= 0.6 is 12.2 Å². The van der Waals surface area contributed by atoms with Crippen molar-refractivity contribution < 1.29 is 0 Å². The number of aromatic nitrogens is 2. The maximum Gasteiger partial charge on any atom is 0.174 e.